The fraction of sp³-hybridized carbons (Fsp3) is 0.538. The summed E-state index contributed by atoms with van der Waals surface area (Å²) in [6.07, 6.45) is 2.81. The third kappa shape index (κ3) is 3.65. The van der Waals surface area contributed by atoms with Crippen molar-refractivity contribution < 1.29 is 0 Å². The van der Waals surface area contributed by atoms with E-state index in [-0.39, 0.29) is 0 Å². The molecule has 88 valence electrons. The van der Waals surface area contributed by atoms with Crippen molar-refractivity contribution >= 4 is 5.95 Å². The Labute approximate surface area is 98.0 Å². The summed E-state index contributed by atoms with van der Waals surface area (Å²) >= 11 is 0. The Morgan fingerprint density at radius 3 is 2.62 bits per heavy atom. The maximum atomic E-state index is 4.50. The van der Waals surface area contributed by atoms with Crippen LogP contribution in [0, 0.1) is 6.92 Å². The molecule has 3 heteroatoms. The van der Waals surface area contributed by atoms with Crippen LogP contribution in [0.4, 0.5) is 5.95 Å². The van der Waals surface area contributed by atoms with Crippen LogP contribution in [0.2, 0.25) is 0 Å². The second-order valence-electron chi connectivity index (χ2n) is 4.48. The minimum Gasteiger partial charge on any atom is -0.351 e. The van der Waals surface area contributed by atoms with Crippen LogP contribution in [0.15, 0.2) is 18.7 Å². The van der Waals surface area contributed by atoms with Gasteiger partial charge in [-0.05, 0) is 32.3 Å². The Balaban J connectivity index is 2.83. The van der Waals surface area contributed by atoms with E-state index in [1.165, 1.54) is 0 Å². The highest BCUT2D eigenvalue weighted by Crippen LogP contribution is 2.15. The molecule has 0 amide bonds. The van der Waals surface area contributed by atoms with Gasteiger partial charge in [-0.1, -0.05) is 19.9 Å². The van der Waals surface area contributed by atoms with Gasteiger partial charge < -0.3 is 5.32 Å². The van der Waals surface area contributed by atoms with E-state index in [1.807, 2.05) is 19.1 Å². The maximum Gasteiger partial charge on any atom is 0.223 e. The fourth-order valence-electron chi connectivity index (χ4n) is 1.48. The topological polar surface area (TPSA) is 37.8 Å². The molecule has 3 nitrogen and oxygen atoms in total. The third-order valence-corrected chi connectivity index (χ3v) is 2.36. The van der Waals surface area contributed by atoms with Gasteiger partial charge in [0.1, 0.15) is 0 Å². The lowest BCUT2D eigenvalue weighted by molar-refractivity contribution is 0.773. The number of nitrogens with zero attached hydrogens (tertiary/aromatic N) is 2. The van der Waals surface area contributed by atoms with E-state index in [2.05, 4.69) is 42.6 Å². The SMILES string of the molecule is C=CCC(C)Nc1nc(C)cc(C(C)C)n1. The number of aryl methyl sites for hydroxylation is 1. The van der Waals surface area contributed by atoms with Gasteiger partial charge in [-0.15, -0.1) is 6.58 Å². The fourth-order valence-corrected chi connectivity index (χ4v) is 1.48. The molecule has 0 aliphatic heterocycles. The Morgan fingerprint density at radius 2 is 2.06 bits per heavy atom. The lowest BCUT2D eigenvalue weighted by atomic mass is 10.1. The minimum atomic E-state index is 0.319. The molecule has 1 atom stereocenters. The molecule has 0 spiro atoms. The summed E-state index contributed by atoms with van der Waals surface area (Å²) in [4.78, 5) is 8.88. The smallest absolute Gasteiger partial charge is 0.223 e. The van der Waals surface area contributed by atoms with Crippen molar-refractivity contribution in [1.82, 2.24) is 9.97 Å². The molecule has 0 aliphatic rings. The first-order valence-electron chi connectivity index (χ1n) is 5.76. The van der Waals surface area contributed by atoms with Crippen LogP contribution < -0.4 is 5.32 Å². The van der Waals surface area contributed by atoms with Crippen LogP contribution in [0.25, 0.3) is 0 Å². The van der Waals surface area contributed by atoms with Crippen LogP contribution in [-0.2, 0) is 0 Å². The highest BCUT2D eigenvalue weighted by atomic mass is 15.1. The standard InChI is InChI=1S/C13H21N3/c1-6-7-10(4)14-13-15-11(5)8-12(16-13)9(2)3/h6,8-10H,1,7H2,2-5H3,(H,14,15,16). The summed E-state index contributed by atoms with van der Waals surface area (Å²) in [5, 5.41) is 3.29. The van der Waals surface area contributed by atoms with Crippen molar-refractivity contribution in [3.05, 3.63) is 30.1 Å². The molecule has 1 aromatic rings. The minimum absolute atomic E-state index is 0.319. The summed E-state index contributed by atoms with van der Waals surface area (Å²) in [5.74, 6) is 1.15. The van der Waals surface area contributed by atoms with Gasteiger partial charge in [-0.3, -0.25) is 0 Å². The Kier molecular flexibility index (Phi) is 4.47. The average molecular weight is 219 g/mol. The van der Waals surface area contributed by atoms with Crippen molar-refractivity contribution in [3.63, 3.8) is 0 Å². The van der Waals surface area contributed by atoms with Crippen molar-refractivity contribution in [3.8, 4) is 0 Å². The zero-order chi connectivity index (χ0) is 12.1. The largest absolute Gasteiger partial charge is 0.351 e. The number of rotatable bonds is 5. The number of anilines is 1. The maximum absolute atomic E-state index is 4.50. The molecule has 0 bridgehead atoms. The van der Waals surface area contributed by atoms with Gasteiger partial charge in [-0.2, -0.15) is 0 Å². The number of hydrogen-bond donors (Lipinski definition) is 1. The van der Waals surface area contributed by atoms with Crippen molar-refractivity contribution in [1.29, 1.82) is 0 Å². The predicted molar refractivity (Wildman–Crippen MR) is 68.8 cm³/mol. The highest BCUT2D eigenvalue weighted by Gasteiger charge is 2.07. The lowest BCUT2D eigenvalue weighted by Gasteiger charge is -2.14. The molecule has 0 aromatic carbocycles. The summed E-state index contributed by atoms with van der Waals surface area (Å²) in [5.41, 5.74) is 2.09. The summed E-state index contributed by atoms with van der Waals surface area (Å²) in [6.45, 7) is 12.1. The van der Waals surface area contributed by atoms with Gasteiger partial charge in [-0.25, -0.2) is 9.97 Å². The molecule has 1 unspecified atom stereocenters. The average Bonchev–Trinajstić information content (AvgIpc) is 2.16. The quantitative estimate of drug-likeness (QED) is 0.772. The van der Waals surface area contributed by atoms with Gasteiger partial charge in [0, 0.05) is 17.4 Å². The molecule has 0 fully saturated rings. The Morgan fingerprint density at radius 1 is 1.38 bits per heavy atom. The summed E-state index contributed by atoms with van der Waals surface area (Å²) in [7, 11) is 0. The first-order valence-corrected chi connectivity index (χ1v) is 5.76. The molecule has 16 heavy (non-hydrogen) atoms. The number of hydrogen-bond acceptors (Lipinski definition) is 3. The normalized spacial score (nSPS) is 12.6. The molecule has 1 N–H and O–H groups in total. The molecule has 0 saturated heterocycles. The zero-order valence-corrected chi connectivity index (χ0v) is 10.6. The van der Waals surface area contributed by atoms with E-state index in [0.717, 1.165) is 23.8 Å². The van der Waals surface area contributed by atoms with Gasteiger partial charge >= 0.3 is 0 Å². The van der Waals surface area contributed by atoms with Crippen molar-refractivity contribution in [2.24, 2.45) is 0 Å². The molecule has 1 aromatic heterocycles. The molecular weight excluding hydrogens is 198 g/mol. The van der Waals surface area contributed by atoms with E-state index in [4.69, 9.17) is 0 Å². The van der Waals surface area contributed by atoms with Crippen LogP contribution >= 0.6 is 0 Å². The van der Waals surface area contributed by atoms with E-state index in [9.17, 15) is 0 Å². The number of nitrogens with one attached hydrogen (secondary N) is 1. The summed E-state index contributed by atoms with van der Waals surface area (Å²) in [6, 6.07) is 2.35. The monoisotopic (exact) mass is 219 g/mol. The summed E-state index contributed by atoms with van der Waals surface area (Å²) < 4.78 is 0. The third-order valence-electron chi connectivity index (χ3n) is 2.36. The Bertz CT molecular complexity index is 358. The molecule has 0 radical (unpaired) electrons. The van der Waals surface area contributed by atoms with Gasteiger partial charge in [0.05, 0.1) is 0 Å². The highest BCUT2D eigenvalue weighted by molar-refractivity contribution is 5.30. The zero-order valence-electron chi connectivity index (χ0n) is 10.6. The van der Waals surface area contributed by atoms with Gasteiger partial charge in [0.2, 0.25) is 5.95 Å². The van der Waals surface area contributed by atoms with Crippen LogP contribution in [0.3, 0.4) is 0 Å². The van der Waals surface area contributed by atoms with Crippen LogP contribution in [0.1, 0.15) is 44.5 Å². The second kappa shape index (κ2) is 5.64. The molecule has 1 heterocycles. The van der Waals surface area contributed by atoms with Crippen LogP contribution in [-0.4, -0.2) is 16.0 Å². The molecule has 0 saturated carbocycles. The van der Waals surface area contributed by atoms with Crippen molar-refractivity contribution in [2.75, 3.05) is 5.32 Å². The predicted octanol–water partition coefficient (Wildman–Crippen LogP) is 3.28. The van der Waals surface area contributed by atoms with Gasteiger partial charge in [0.25, 0.3) is 0 Å². The second-order valence-corrected chi connectivity index (χ2v) is 4.48. The molecule has 1 rings (SSSR count). The van der Waals surface area contributed by atoms with E-state index >= 15 is 0 Å². The van der Waals surface area contributed by atoms with E-state index in [1.54, 1.807) is 0 Å². The first kappa shape index (κ1) is 12.7. The van der Waals surface area contributed by atoms with E-state index < -0.39 is 0 Å². The Hall–Kier alpha value is -1.38. The van der Waals surface area contributed by atoms with E-state index in [0.29, 0.717) is 12.0 Å². The lowest BCUT2D eigenvalue weighted by Crippen LogP contribution is -2.17. The number of aromatic nitrogens is 2. The van der Waals surface area contributed by atoms with Gasteiger partial charge in [0.15, 0.2) is 0 Å². The first-order chi connectivity index (χ1) is 7.52. The van der Waals surface area contributed by atoms with Crippen molar-refractivity contribution in [2.45, 2.75) is 46.1 Å². The van der Waals surface area contributed by atoms with Crippen LogP contribution in [0.5, 0.6) is 0 Å². The molecule has 0 aliphatic carbocycles. The molecular formula is C13H21N3.